The maximum atomic E-state index is 11.9. The van der Waals surface area contributed by atoms with Crippen LogP contribution >= 0.6 is 0 Å². The van der Waals surface area contributed by atoms with Crippen molar-refractivity contribution in [3.63, 3.8) is 0 Å². The first kappa shape index (κ1) is 18.8. The molecule has 23 heavy (non-hydrogen) atoms. The minimum atomic E-state index is -0.724. The van der Waals surface area contributed by atoms with Crippen molar-refractivity contribution in [2.45, 2.75) is 46.6 Å². The van der Waals surface area contributed by atoms with E-state index in [0.717, 1.165) is 12.2 Å². The van der Waals surface area contributed by atoms with Crippen LogP contribution in [0.25, 0.3) is 0 Å². The van der Waals surface area contributed by atoms with Crippen LogP contribution in [0.3, 0.4) is 0 Å². The Balaban J connectivity index is 2.37. The predicted octanol–water partition coefficient (Wildman–Crippen LogP) is 2.44. The highest BCUT2D eigenvalue weighted by atomic mass is 16.5. The van der Waals surface area contributed by atoms with Crippen molar-refractivity contribution in [2.24, 2.45) is 5.92 Å². The molecule has 0 radical (unpaired) electrons. The van der Waals surface area contributed by atoms with Gasteiger partial charge in [-0.15, -0.1) is 0 Å². The SMILES string of the molecule is CCOc1ccc(OC(C)C(=O)NNC(=O)CCC(C)C)cc1. The Hall–Kier alpha value is -2.24. The monoisotopic (exact) mass is 322 g/mol. The summed E-state index contributed by atoms with van der Waals surface area (Å²) in [6.07, 6.45) is 0.435. The van der Waals surface area contributed by atoms with Gasteiger partial charge in [0.25, 0.3) is 5.91 Å². The van der Waals surface area contributed by atoms with Gasteiger partial charge in [-0.3, -0.25) is 20.4 Å². The smallest absolute Gasteiger partial charge is 0.279 e. The average molecular weight is 322 g/mol. The first-order valence-corrected chi connectivity index (χ1v) is 7.90. The molecule has 0 bridgehead atoms. The molecule has 0 aromatic heterocycles. The predicted molar refractivity (Wildman–Crippen MR) is 88.1 cm³/mol. The summed E-state index contributed by atoms with van der Waals surface area (Å²) in [7, 11) is 0. The first-order chi connectivity index (χ1) is 10.9. The summed E-state index contributed by atoms with van der Waals surface area (Å²) < 4.78 is 10.9. The van der Waals surface area contributed by atoms with Crippen LogP contribution < -0.4 is 20.3 Å². The highest BCUT2D eigenvalue weighted by Crippen LogP contribution is 2.18. The molecule has 6 nitrogen and oxygen atoms in total. The van der Waals surface area contributed by atoms with Gasteiger partial charge in [0.15, 0.2) is 6.10 Å². The second-order valence-corrected chi connectivity index (χ2v) is 5.63. The molecule has 0 saturated heterocycles. The maximum Gasteiger partial charge on any atom is 0.279 e. The Morgan fingerprint density at radius 1 is 1.04 bits per heavy atom. The van der Waals surface area contributed by atoms with E-state index in [4.69, 9.17) is 9.47 Å². The summed E-state index contributed by atoms with van der Waals surface area (Å²) in [6.45, 7) is 8.20. The van der Waals surface area contributed by atoms with E-state index in [1.165, 1.54) is 0 Å². The molecule has 0 spiro atoms. The van der Waals surface area contributed by atoms with Crippen LogP contribution in [0.15, 0.2) is 24.3 Å². The molecule has 1 atom stereocenters. The van der Waals surface area contributed by atoms with E-state index in [1.807, 2.05) is 20.8 Å². The molecule has 1 aromatic rings. The van der Waals surface area contributed by atoms with E-state index >= 15 is 0 Å². The lowest BCUT2D eigenvalue weighted by Gasteiger charge is -2.15. The fraction of sp³-hybridized carbons (Fsp3) is 0.529. The molecule has 6 heteroatoms. The summed E-state index contributed by atoms with van der Waals surface area (Å²) in [6, 6.07) is 7.01. The molecule has 0 heterocycles. The van der Waals surface area contributed by atoms with Crippen LogP contribution in [0.4, 0.5) is 0 Å². The molecule has 0 aliphatic carbocycles. The van der Waals surface area contributed by atoms with Gasteiger partial charge in [0.1, 0.15) is 11.5 Å². The number of hydrazine groups is 1. The Morgan fingerprint density at radius 2 is 1.65 bits per heavy atom. The van der Waals surface area contributed by atoms with Crippen molar-refractivity contribution in [2.75, 3.05) is 6.61 Å². The van der Waals surface area contributed by atoms with E-state index < -0.39 is 12.0 Å². The van der Waals surface area contributed by atoms with Gasteiger partial charge >= 0.3 is 0 Å². The third kappa shape index (κ3) is 7.54. The number of benzene rings is 1. The van der Waals surface area contributed by atoms with Crippen LogP contribution in [0.5, 0.6) is 11.5 Å². The fourth-order valence-electron chi connectivity index (χ4n) is 1.75. The van der Waals surface area contributed by atoms with Gasteiger partial charge in [0.2, 0.25) is 5.91 Å². The van der Waals surface area contributed by atoms with E-state index in [-0.39, 0.29) is 5.91 Å². The minimum Gasteiger partial charge on any atom is -0.494 e. The molecule has 1 aromatic carbocycles. The van der Waals surface area contributed by atoms with E-state index in [1.54, 1.807) is 31.2 Å². The molecule has 0 aliphatic heterocycles. The van der Waals surface area contributed by atoms with Gasteiger partial charge < -0.3 is 9.47 Å². The zero-order valence-corrected chi connectivity index (χ0v) is 14.2. The van der Waals surface area contributed by atoms with Gasteiger partial charge in [0.05, 0.1) is 6.61 Å². The van der Waals surface area contributed by atoms with Crippen molar-refractivity contribution < 1.29 is 19.1 Å². The topological polar surface area (TPSA) is 76.7 Å². The fourth-order valence-corrected chi connectivity index (χ4v) is 1.75. The van der Waals surface area contributed by atoms with Crippen molar-refractivity contribution in [3.05, 3.63) is 24.3 Å². The van der Waals surface area contributed by atoms with Gasteiger partial charge in [0, 0.05) is 6.42 Å². The molecule has 1 rings (SSSR count). The van der Waals surface area contributed by atoms with E-state index in [0.29, 0.717) is 24.7 Å². The van der Waals surface area contributed by atoms with Crippen molar-refractivity contribution in [1.82, 2.24) is 10.9 Å². The van der Waals surface area contributed by atoms with E-state index in [9.17, 15) is 9.59 Å². The van der Waals surface area contributed by atoms with Crippen LogP contribution in [-0.2, 0) is 9.59 Å². The van der Waals surface area contributed by atoms with Gasteiger partial charge in [-0.05, 0) is 50.5 Å². The zero-order chi connectivity index (χ0) is 17.2. The van der Waals surface area contributed by atoms with Crippen molar-refractivity contribution >= 4 is 11.8 Å². The molecule has 1 unspecified atom stereocenters. The van der Waals surface area contributed by atoms with Crippen LogP contribution in [0.2, 0.25) is 0 Å². The number of hydrogen-bond acceptors (Lipinski definition) is 4. The minimum absolute atomic E-state index is 0.208. The summed E-state index contributed by atoms with van der Waals surface area (Å²) in [5.41, 5.74) is 4.76. The molecular weight excluding hydrogens is 296 g/mol. The number of rotatable bonds is 8. The number of amides is 2. The Morgan fingerprint density at radius 3 is 2.22 bits per heavy atom. The normalized spacial score (nSPS) is 11.7. The lowest BCUT2D eigenvalue weighted by molar-refractivity contribution is -0.132. The summed E-state index contributed by atoms with van der Waals surface area (Å²) >= 11 is 0. The van der Waals surface area contributed by atoms with Crippen molar-refractivity contribution in [1.29, 1.82) is 0 Å². The summed E-state index contributed by atoms with van der Waals surface area (Å²) in [4.78, 5) is 23.4. The van der Waals surface area contributed by atoms with Crippen LogP contribution in [-0.4, -0.2) is 24.5 Å². The molecule has 128 valence electrons. The lowest BCUT2D eigenvalue weighted by Crippen LogP contribution is -2.47. The van der Waals surface area contributed by atoms with Crippen LogP contribution in [0.1, 0.15) is 40.5 Å². The third-order valence-electron chi connectivity index (χ3n) is 3.09. The average Bonchev–Trinajstić information content (AvgIpc) is 2.52. The molecule has 0 fully saturated rings. The first-order valence-electron chi connectivity index (χ1n) is 7.90. The molecular formula is C17H26N2O4. The second kappa shape index (κ2) is 9.71. The number of nitrogens with one attached hydrogen (secondary N) is 2. The standard InChI is InChI=1S/C17H26N2O4/c1-5-22-14-7-9-15(10-8-14)23-13(4)17(21)19-18-16(20)11-6-12(2)3/h7-10,12-13H,5-6,11H2,1-4H3,(H,18,20)(H,19,21). The van der Waals surface area contributed by atoms with Crippen LogP contribution in [0, 0.1) is 5.92 Å². The number of carbonyl (C=O) groups is 2. The van der Waals surface area contributed by atoms with Crippen molar-refractivity contribution in [3.8, 4) is 11.5 Å². The highest BCUT2D eigenvalue weighted by molar-refractivity contribution is 5.84. The number of carbonyl (C=O) groups excluding carboxylic acids is 2. The summed E-state index contributed by atoms with van der Waals surface area (Å²) in [5.74, 6) is 1.13. The third-order valence-corrected chi connectivity index (χ3v) is 3.09. The molecule has 2 amide bonds. The van der Waals surface area contributed by atoms with Gasteiger partial charge in [-0.25, -0.2) is 0 Å². The maximum absolute atomic E-state index is 11.9. The molecule has 2 N–H and O–H groups in total. The zero-order valence-electron chi connectivity index (χ0n) is 14.2. The highest BCUT2D eigenvalue weighted by Gasteiger charge is 2.15. The van der Waals surface area contributed by atoms with Gasteiger partial charge in [-0.1, -0.05) is 13.8 Å². The van der Waals surface area contributed by atoms with E-state index in [2.05, 4.69) is 10.9 Å². The Bertz CT molecular complexity index is 500. The largest absolute Gasteiger partial charge is 0.494 e. The Kier molecular flexibility index (Phi) is 7.94. The lowest BCUT2D eigenvalue weighted by atomic mass is 10.1. The van der Waals surface area contributed by atoms with Gasteiger partial charge in [-0.2, -0.15) is 0 Å². The number of ether oxygens (including phenoxy) is 2. The quantitative estimate of drug-likeness (QED) is 0.721. The Labute approximate surface area is 137 Å². The second-order valence-electron chi connectivity index (χ2n) is 5.63. The molecule has 0 saturated carbocycles. The number of hydrogen-bond donors (Lipinski definition) is 2. The summed E-state index contributed by atoms with van der Waals surface area (Å²) in [5, 5.41) is 0. The molecule has 0 aliphatic rings.